The van der Waals surface area contributed by atoms with Crippen LogP contribution in [0.25, 0.3) is 0 Å². The van der Waals surface area contributed by atoms with E-state index in [4.69, 9.17) is 39.5 Å². The van der Waals surface area contributed by atoms with Gasteiger partial charge in [0.25, 0.3) is 11.8 Å². The number of aryl methyl sites for hydroxylation is 1. The van der Waals surface area contributed by atoms with E-state index in [0.29, 0.717) is 10.8 Å². The number of hydrazine groups is 1. The fraction of sp³-hybridized carbons (Fsp3) is 0.125. The SMILES string of the molecule is Cc1cc(Cl)ccc1OCC(=O)NNC(=O)c1c(Cl)cccc1Cl. The van der Waals surface area contributed by atoms with Crippen molar-refractivity contribution < 1.29 is 14.3 Å². The number of carbonyl (C=O) groups excluding carboxylic acids is 2. The summed E-state index contributed by atoms with van der Waals surface area (Å²) in [5.41, 5.74) is 5.33. The van der Waals surface area contributed by atoms with Gasteiger partial charge in [0, 0.05) is 5.02 Å². The third-order valence-electron chi connectivity index (χ3n) is 3.00. The molecular weight excluding hydrogens is 375 g/mol. The van der Waals surface area contributed by atoms with Gasteiger partial charge in [0.05, 0.1) is 15.6 Å². The highest BCUT2D eigenvalue weighted by atomic mass is 35.5. The van der Waals surface area contributed by atoms with Crippen molar-refractivity contribution in [1.82, 2.24) is 10.9 Å². The molecule has 24 heavy (non-hydrogen) atoms. The fourth-order valence-electron chi connectivity index (χ4n) is 1.86. The van der Waals surface area contributed by atoms with Crippen molar-refractivity contribution in [3.63, 3.8) is 0 Å². The lowest BCUT2D eigenvalue weighted by Gasteiger charge is -2.11. The minimum atomic E-state index is -0.623. The normalized spacial score (nSPS) is 10.2. The van der Waals surface area contributed by atoms with Crippen LogP contribution in [0, 0.1) is 6.92 Å². The zero-order valence-corrected chi connectivity index (χ0v) is 14.8. The van der Waals surface area contributed by atoms with Crippen molar-refractivity contribution in [2.24, 2.45) is 0 Å². The van der Waals surface area contributed by atoms with E-state index in [-0.39, 0.29) is 22.2 Å². The Morgan fingerprint density at radius 3 is 2.33 bits per heavy atom. The number of carbonyl (C=O) groups is 2. The number of hydrogen-bond acceptors (Lipinski definition) is 3. The van der Waals surface area contributed by atoms with Crippen LogP contribution in [0.2, 0.25) is 15.1 Å². The highest BCUT2D eigenvalue weighted by Gasteiger charge is 2.15. The number of ether oxygens (including phenoxy) is 1. The summed E-state index contributed by atoms with van der Waals surface area (Å²) < 4.78 is 5.36. The molecule has 2 N–H and O–H groups in total. The van der Waals surface area contributed by atoms with Crippen LogP contribution >= 0.6 is 34.8 Å². The van der Waals surface area contributed by atoms with Gasteiger partial charge in [-0.25, -0.2) is 0 Å². The number of benzene rings is 2. The quantitative estimate of drug-likeness (QED) is 0.784. The van der Waals surface area contributed by atoms with Gasteiger partial charge in [-0.3, -0.25) is 20.4 Å². The number of halogens is 3. The summed E-state index contributed by atoms with van der Waals surface area (Å²) in [4.78, 5) is 23.8. The smallest absolute Gasteiger partial charge is 0.276 e. The molecule has 0 fully saturated rings. The molecule has 2 rings (SSSR count). The lowest BCUT2D eigenvalue weighted by molar-refractivity contribution is -0.123. The van der Waals surface area contributed by atoms with Crippen LogP contribution in [0.3, 0.4) is 0 Å². The van der Waals surface area contributed by atoms with E-state index in [1.165, 1.54) is 12.1 Å². The van der Waals surface area contributed by atoms with E-state index in [1.807, 2.05) is 0 Å². The van der Waals surface area contributed by atoms with Crippen molar-refractivity contribution >= 4 is 46.6 Å². The molecule has 2 aromatic rings. The molecule has 2 amide bonds. The molecule has 0 saturated heterocycles. The molecular formula is C16H13Cl3N2O3. The molecule has 0 aliphatic carbocycles. The zero-order valence-electron chi connectivity index (χ0n) is 12.5. The van der Waals surface area contributed by atoms with Crippen LogP contribution in [-0.4, -0.2) is 18.4 Å². The van der Waals surface area contributed by atoms with Gasteiger partial charge in [-0.2, -0.15) is 0 Å². The summed E-state index contributed by atoms with van der Waals surface area (Å²) in [6.45, 7) is 1.53. The molecule has 0 unspecified atom stereocenters. The minimum absolute atomic E-state index is 0.0793. The van der Waals surface area contributed by atoms with Gasteiger partial charge in [-0.15, -0.1) is 0 Å². The summed E-state index contributed by atoms with van der Waals surface area (Å²) in [5.74, 6) is -0.641. The Bertz CT molecular complexity index is 761. The van der Waals surface area contributed by atoms with E-state index in [1.54, 1.807) is 31.2 Å². The highest BCUT2D eigenvalue weighted by Crippen LogP contribution is 2.24. The van der Waals surface area contributed by atoms with Crippen LogP contribution in [0.4, 0.5) is 0 Å². The molecule has 0 bridgehead atoms. The Morgan fingerprint density at radius 1 is 1.04 bits per heavy atom. The topological polar surface area (TPSA) is 67.4 Å². The summed E-state index contributed by atoms with van der Waals surface area (Å²) >= 11 is 17.7. The predicted octanol–water partition coefficient (Wildman–Crippen LogP) is 3.80. The molecule has 0 atom stereocenters. The Balaban J connectivity index is 1.88. The Hall–Kier alpha value is -1.95. The predicted molar refractivity (Wildman–Crippen MR) is 93.8 cm³/mol. The monoisotopic (exact) mass is 386 g/mol. The fourth-order valence-corrected chi connectivity index (χ4v) is 2.65. The maximum Gasteiger partial charge on any atom is 0.276 e. The van der Waals surface area contributed by atoms with Gasteiger partial charge in [-0.05, 0) is 42.8 Å². The molecule has 0 heterocycles. The maximum absolute atomic E-state index is 12.0. The molecule has 0 spiro atoms. The van der Waals surface area contributed by atoms with Gasteiger partial charge >= 0.3 is 0 Å². The van der Waals surface area contributed by atoms with Crippen LogP contribution in [-0.2, 0) is 4.79 Å². The van der Waals surface area contributed by atoms with Crippen LogP contribution in [0.1, 0.15) is 15.9 Å². The first-order valence-corrected chi connectivity index (χ1v) is 7.94. The summed E-state index contributed by atoms with van der Waals surface area (Å²) in [6.07, 6.45) is 0. The number of nitrogens with one attached hydrogen (secondary N) is 2. The van der Waals surface area contributed by atoms with E-state index in [0.717, 1.165) is 5.56 Å². The molecule has 0 radical (unpaired) electrons. The standard InChI is InChI=1S/C16H13Cl3N2O3/c1-9-7-10(17)5-6-13(9)24-8-14(22)20-21-16(23)15-11(18)3-2-4-12(15)19/h2-7H,8H2,1H3,(H,20,22)(H,21,23). The van der Waals surface area contributed by atoms with E-state index in [2.05, 4.69) is 10.9 Å². The first-order chi connectivity index (χ1) is 11.4. The molecule has 2 aromatic carbocycles. The lowest BCUT2D eigenvalue weighted by atomic mass is 10.2. The van der Waals surface area contributed by atoms with Crippen molar-refractivity contribution in [3.05, 3.63) is 62.6 Å². The summed E-state index contributed by atoms with van der Waals surface area (Å²) in [5, 5.41) is 0.942. The van der Waals surface area contributed by atoms with Gasteiger partial charge in [0.15, 0.2) is 6.61 Å². The molecule has 8 heteroatoms. The molecule has 5 nitrogen and oxygen atoms in total. The van der Waals surface area contributed by atoms with Gasteiger partial charge in [0.2, 0.25) is 0 Å². The number of amides is 2. The third-order valence-corrected chi connectivity index (χ3v) is 3.87. The minimum Gasteiger partial charge on any atom is -0.483 e. The average molecular weight is 388 g/mol. The average Bonchev–Trinajstić information content (AvgIpc) is 2.52. The maximum atomic E-state index is 12.0. The van der Waals surface area contributed by atoms with E-state index >= 15 is 0 Å². The second-order valence-electron chi connectivity index (χ2n) is 4.80. The van der Waals surface area contributed by atoms with Crippen LogP contribution in [0.15, 0.2) is 36.4 Å². The molecule has 0 saturated carbocycles. The number of rotatable bonds is 4. The molecule has 0 aliphatic rings. The second-order valence-corrected chi connectivity index (χ2v) is 6.05. The number of hydrogen-bond donors (Lipinski definition) is 2. The Labute approximate surface area is 153 Å². The van der Waals surface area contributed by atoms with Crippen molar-refractivity contribution in [1.29, 1.82) is 0 Å². The van der Waals surface area contributed by atoms with Gasteiger partial charge in [-0.1, -0.05) is 40.9 Å². The van der Waals surface area contributed by atoms with E-state index in [9.17, 15) is 9.59 Å². The largest absolute Gasteiger partial charge is 0.483 e. The summed E-state index contributed by atoms with van der Waals surface area (Å²) in [6, 6.07) is 9.70. The van der Waals surface area contributed by atoms with Gasteiger partial charge < -0.3 is 4.74 Å². The highest BCUT2D eigenvalue weighted by molar-refractivity contribution is 6.39. The Kier molecular flexibility index (Phi) is 6.31. The van der Waals surface area contributed by atoms with Crippen molar-refractivity contribution in [2.45, 2.75) is 6.92 Å². The van der Waals surface area contributed by atoms with E-state index < -0.39 is 11.8 Å². The molecule has 126 valence electrons. The first kappa shape index (κ1) is 18.4. The molecule has 0 aliphatic heterocycles. The van der Waals surface area contributed by atoms with Crippen molar-refractivity contribution in [3.8, 4) is 5.75 Å². The van der Waals surface area contributed by atoms with Crippen LogP contribution < -0.4 is 15.6 Å². The summed E-state index contributed by atoms with van der Waals surface area (Å²) in [7, 11) is 0. The van der Waals surface area contributed by atoms with Gasteiger partial charge in [0.1, 0.15) is 5.75 Å². The zero-order chi connectivity index (χ0) is 17.7. The lowest BCUT2D eigenvalue weighted by Crippen LogP contribution is -2.44. The third kappa shape index (κ3) is 4.77. The Morgan fingerprint density at radius 2 is 1.71 bits per heavy atom. The second kappa shape index (κ2) is 8.24. The molecule has 0 aromatic heterocycles. The van der Waals surface area contributed by atoms with Crippen molar-refractivity contribution in [2.75, 3.05) is 6.61 Å². The first-order valence-electron chi connectivity index (χ1n) is 6.80. The van der Waals surface area contributed by atoms with Crippen LogP contribution in [0.5, 0.6) is 5.75 Å².